The monoisotopic (exact) mass is 242 g/mol. The zero-order chi connectivity index (χ0) is 13.0. The number of anilines is 2. The number of aromatic carboxylic acids is 1. The van der Waals surface area contributed by atoms with Crippen molar-refractivity contribution < 1.29 is 9.90 Å². The number of rotatable bonds is 4. The smallest absolute Gasteiger partial charge is 0.354 e. The Bertz CT molecular complexity index is 550. The van der Waals surface area contributed by atoms with Gasteiger partial charge in [0.15, 0.2) is 0 Å². The minimum Gasteiger partial charge on any atom is -0.477 e. The van der Waals surface area contributed by atoms with Crippen molar-refractivity contribution >= 4 is 17.3 Å². The molecule has 0 saturated carbocycles. The van der Waals surface area contributed by atoms with Gasteiger partial charge in [-0.25, -0.2) is 9.78 Å². The first kappa shape index (κ1) is 12.1. The van der Waals surface area contributed by atoms with Gasteiger partial charge in [0.05, 0.1) is 11.9 Å². The van der Waals surface area contributed by atoms with Gasteiger partial charge in [0.2, 0.25) is 0 Å². The van der Waals surface area contributed by atoms with E-state index in [1.807, 2.05) is 12.1 Å². The van der Waals surface area contributed by atoms with Crippen molar-refractivity contribution in [3.05, 3.63) is 53.9 Å². The van der Waals surface area contributed by atoms with Crippen molar-refractivity contribution in [2.45, 2.75) is 13.3 Å². The molecular formula is C14H14N2O2. The van der Waals surface area contributed by atoms with Crippen molar-refractivity contribution in [2.75, 3.05) is 5.32 Å². The second-order valence-corrected chi connectivity index (χ2v) is 3.92. The van der Waals surface area contributed by atoms with E-state index in [1.54, 1.807) is 6.07 Å². The number of benzene rings is 1. The van der Waals surface area contributed by atoms with Crippen LogP contribution in [0.3, 0.4) is 0 Å². The van der Waals surface area contributed by atoms with E-state index < -0.39 is 5.97 Å². The van der Waals surface area contributed by atoms with Gasteiger partial charge in [-0.3, -0.25) is 0 Å². The molecule has 0 bridgehead atoms. The molecule has 0 spiro atoms. The van der Waals surface area contributed by atoms with Crippen LogP contribution in [-0.2, 0) is 6.42 Å². The van der Waals surface area contributed by atoms with Gasteiger partial charge in [0.25, 0.3) is 0 Å². The van der Waals surface area contributed by atoms with Gasteiger partial charge in [0, 0.05) is 5.69 Å². The van der Waals surface area contributed by atoms with Gasteiger partial charge in [-0.2, -0.15) is 0 Å². The Morgan fingerprint density at radius 2 is 2.11 bits per heavy atom. The fourth-order valence-electron chi connectivity index (χ4n) is 1.63. The Morgan fingerprint density at radius 1 is 1.28 bits per heavy atom. The molecule has 0 amide bonds. The van der Waals surface area contributed by atoms with Crippen LogP contribution >= 0.6 is 0 Å². The average Bonchev–Trinajstić information content (AvgIpc) is 2.39. The van der Waals surface area contributed by atoms with E-state index >= 15 is 0 Å². The number of hydrogen-bond acceptors (Lipinski definition) is 3. The maximum atomic E-state index is 10.7. The van der Waals surface area contributed by atoms with Crippen LogP contribution in [0.15, 0.2) is 42.6 Å². The SMILES string of the molecule is CCc1cccc(Nc2ccc(C(=O)O)nc2)c1. The average molecular weight is 242 g/mol. The summed E-state index contributed by atoms with van der Waals surface area (Å²) in [6.45, 7) is 2.10. The second kappa shape index (κ2) is 5.31. The Balaban J connectivity index is 2.15. The molecule has 0 fully saturated rings. The van der Waals surface area contributed by atoms with E-state index in [2.05, 4.69) is 29.4 Å². The summed E-state index contributed by atoms with van der Waals surface area (Å²) in [6, 6.07) is 11.3. The molecule has 92 valence electrons. The fraction of sp³-hybridized carbons (Fsp3) is 0.143. The molecule has 1 aromatic carbocycles. The van der Waals surface area contributed by atoms with Crippen LogP contribution in [0.4, 0.5) is 11.4 Å². The number of carboxylic acid groups (broad SMARTS) is 1. The Kier molecular flexibility index (Phi) is 3.57. The third-order valence-corrected chi connectivity index (χ3v) is 2.61. The number of nitrogens with zero attached hydrogens (tertiary/aromatic N) is 1. The summed E-state index contributed by atoms with van der Waals surface area (Å²) in [6.07, 6.45) is 2.49. The predicted molar refractivity (Wildman–Crippen MR) is 70.3 cm³/mol. The van der Waals surface area contributed by atoms with Crippen molar-refractivity contribution in [2.24, 2.45) is 0 Å². The lowest BCUT2D eigenvalue weighted by molar-refractivity contribution is 0.0690. The molecule has 2 N–H and O–H groups in total. The molecule has 4 nitrogen and oxygen atoms in total. The van der Waals surface area contributed by atoms with Crippen molar-refractivity contribution in [1.82, 2.24) is 4.98 Å². The number of aryl methyl sites for hydroxylation is 1. The fourth-order valence-corrected chi connectivity index (χ4v) is 1.63. The van der Waals surface area contributed by atoms with Gasteiger partial charge < -0.3 is 10.4 Å². The first-order valence-corrected chi connectivity index (χ1v) is 5.74. The molecule has 4 heteroatoms. The van der Waals surface area contributed by atoms with E-state index in [4.69, 9.17) is 5.11 Å². The molecule has 2 aromatic rings. The molecule has 0 aliphatic rings. The first-order valence-electron chi connectivity index (χ1n) is 5.74. The number of nitrogens with one attached hydrogen (secondary N) is 1. The quantitative estimate of drug-likeness (QED) is 0.864. The summed E-state index contributed by atoms with van der Waals surface area (Å²) in [5, 5.41) is 11.9. The summed E-state index contributed by atoms with van der Waals surface area (Å²) < 4.78 is 0. The highest BCUT2D eigenvalue weighted by atomic mass is 16.4. The van der Waals surface area contributed by atoms with Gasteiger partial charge in [0.1, 0.15) is 5.69 Å². The minimum atomic E-state index is -1.02. The number of carboxylic acids is 1. The van der Waals surface area contributed by atoms with Crippen LogP contribution in [-0.4, -0.2) is 16.1 Å². The molecule has 0 saturated heterocycles. The van der Waals surface area contributed by atoms with E-state index in [-0.39, 0.29) is 5.69 Å². The zero-order valence-corrected chi connectivity index (χ0v) is 10.1. The molecule has 1 heterocycles. The molecule has 18 heavy (non-hydrogen) atoms. The lowest BCUT2D eigenvalue weighted by Crippen LogP contribution is -2.00. The van der Waals surface area contributed by atoms with E-state index in [1.165, 1.54) is 17.8 Å². The van der Waals surface area contributed by atoms with Crippen molar-refractivity contribution in [3.8, 4) is 0 Å². The largest absolute Gasteiger partial charge is 0.477 e. The van der Waals surface area contributed by atoms with Crippen LogP contribution < -0.4 is 5.32 Å². The van der Waals surface area contributed by atoms with Crippen molar-refractivity contribution in [3.63, 3.8) is 0 Å². The number of carbonyl (C=O) groups is 1. The highest BCUT2D eigenvalue weighted by molar-refractivity contribution is 5.85. The maximum Gasteiger partial charge on any atom is 0.354 e. The molecule has 0 unspecified atom stereocenters. The second-order valence-electron chi connectivity index (χ2n) is 3.92. The first-order chi connectivity index (χ1) is 8.69. The Hall–Kier alpha value is -2.36. The van der Waals surface area contributed by atoms with E-state index in [9.17, 15) is 4.79 Å². The molecule has 2 rings (SSSR count). The predicted octanol–water partition coefficient (Wildman–Crippen LogP) is 3.09. The molecule has 1 aromatic heterocycles. The minimum absolute atomic E-state index is 0.0443. The van der Waals surface area contributed by atoms with Gasteiger partial charge in [-0.15, -0.1) is 0 Å². The normalized spacial score (nSPS) is 10.1. The molecule has 0 aliphatic heterocycles. The summed E-state index contributed by atoms with van der Waals surface area (Å²) in [7, 11) is 0. The molecular weight excluding hydrogens is 228 g/mol. The molecule has 0 atom stereocenters. The lowest BCUT2D eigenvalue weighted by Gasteiger charge is -2.07. The zero-order valence-electron chi connectivity index (χ0n) is 10.1. The van der Waals surface area contributed by atoms with E-state index in [0.717, 1.165) is 17.8 Å². The van der Waals surface area contributed by atoms with Gasteiger partial charge in [-0.05, 0) is 36.2 Å². The highest BCUT2D eigenvalue weighted by Gasteiger charge is 2.03. The van der Waals surface area contributed by atoms with Crippen molar-refractivity contribution in [1.29, 1.82) is 0 Å². The Morgan fingerprint density at radius 3 is 2.72 bits per heavy atom. The number of pyridine rings is 1. The highest BCUT2D eigenvalue weighted by Crippen LogP contribution is 2.17. The van der Waals surface area contributed by atoms with Gasteiger partial charge >= 0.3 is 5.97 Å². The van der Waals surface area contributed by atoms with Crippen LogP contribution in [0.1, 0.15) is 23.0 Å². The molecule has 0 aliphatic carbocycles. The van der Waals surface area contributed by atoms with Crippen LogP contribution in [0.25, 0.3) is 0 Å². The third kappa shape index (κ3) is 2.85. The summed E-state index contributed by atoms with van der Waals surface area (Å²) in [4.78, 5) is 14.5. The Labute approximate surface area is 105 Å². The molecule has 0 radical (unpaired) electrons. The van der Waals surface area contributed by atoms with E-state index in [0.29, 0.717) is 0 Å². The van der Waals surface area contributed by atoms with Crippen LogP contribution in [0.2, 0.25) is 0 Å². The topological polar surface area (TPSA) is 62.2 Å². The standard InChI is InChI=1S/C14H14N2O2/c1-2-10-4-3-5-11(8-10)16-12-6-7-13(14(17)18)15-9-12/h3-9,16H,2H2,1H3,(H,17,18). The lowest BCUT2D eigenvalue weighted by atomic mass is 10.1. The maximum absolute atomic E-state index is 10.7. The van der Waals surface area contributed by atoms with Crippen LogP contribution in [0.5, 0.6) is 0 Å². The summed E-state index contributed by atoms with van der Waals surface area (Å²) in [5.41, 5.74) is 3.03. The van der Waals surface area contributed by atoms with Gasteiger partial charge in [-0.1, -0.05) is 19.1 Å². The summed E-state index contributed by atoms with van der Waals surface area (Å²) >= 11 is 0. The number of hydrogen-bond donors (Lipinski definition) is 2. The van der Waals surface area contributed by atoms with Crippen LogP contribution in [0, 0.1) is 0 Å². The summed E-state index contributed by atoms with van der Waals surface area (Å²) in [5.74, 6) is -1.02. The third-order valence-electron chi connectivity index (χ3n) is 2.61. The number of aromatic nitrogens is 1.